The van der Waals surface area contributed by atoms with Crippen molar-refractivity contribution in [2.45, 2.75) is 12.8 Å². The van der Waals surface area contributed by atoms with Crippen LogP contribution in [0.15, 0.2) is 24.3 Å². The van der Waals surface area contributed by atoms with Gasteiger partial charge >= 0.3 is 5.97 Å². The van der Waals surface area contributed by atoms with Gasteiger partial charge in [0, 0.05) is 24.1 Å². The van der Waals surface area contributed by atoms with Gasteiger partial charge in [-0.3, -0.25) is 19.7 Å². The molecule has 0 unspecified atom stereocenters. The summed E-state index contributed by atoms with van der Waals surface area (Å²) >= 11 is 0. The normalized spacial score (nSPS) is 9.71. The Bertz CT molecular complexity index is 438. The summed E-state index contributed by atoms with van der Waals surface area (Å²) in [5.41, 5.74) is 0.272. The van der Waals surface area contributed by atoms with Crippen molar-refractivity contribution < 1.29 is 19.2 Å². The number of non-ortho nitro benzene ring substituents is 1. The zero-order valence-electron chi connectivity index (χ0n) is 9.21. The Balaban J connectivity index is 2.64. The number of nitro benzene ring substituents is 1. The summed E-state index contributed by atoms with van der Waals surface area (Å²) in [5.74, 6) is -0.703. The lowest BCUT2D eigenvalue weighted by molar-refractivity contribution is -0.384. The zero-order valence-corrected chi connectivity index (χ0v) is 9.21. The third kappa shape index (κ3) is 3.67. The molecular weight excluding hydrogens is 226 g/mol. The maximum absolute atomic E-state index is 11.6. The Morgan fingerprint density at radius 2 is 1.82 bits per heavy atom. The smallest absolute Gasteiger partial charge is 0.305 e. The van der Waals surface area contributed by atoms with Gasteiger partial charge in [-0.25, -0.2) is 0 Å². The predicted octanol–water partition coefficient (Wildman–Crippen LogP) is 1.73. The highest BCUT2D eigenvalue weighted by atomic mass is 16.6. The van der Waals surface area contributed by atoms with E-state index in [1.807, 2.05) is 0 Å². The molecule has 1 rings (SSSR count). The first-order valence-electron chi connectivity index (χ1n) is 4.89. The molecule has 0 amide bonds. The maximum Gasteiger partial charge on any atom is 0.305 e. The number of esters is 1. The molecule has 0 aliphatic heterocycles. The molecule has 1 aromatic rings. The quantitative estimate of drug-likeness (QED) is 0.337. The Morgan fingerprint density at radius 1 is 1.24 bits per heavy atom. The molecule has 1 aromatic carbocycles. The summed E-state index contributed by atoms with van der Waals surface area (Å²) < 4.78 is 4.41. The van der Waals surface area contributed by atoms with Crippen LogP contribution in [0.5, 0.6) is 0 Å². The van der Waals surface area contributed by atoms with Crippen LogP contribution in [0, 0.1) is 10.1 Å². The van der Waals surface area contributed by atoms with Gasteiger partial charge in [0.05, 0.1) is 18.5 Å². The predicted molar refractivity (Wildman–Crippen MR) is 58.7 cm³/mol. The van der Waals surface area contributed by atoms with E-state index >= 15 is 0 Å². The molecule has 0 saturated carbocycles. The molecule has 0 heterocycles. The molecule has 0 aliphatic rings. The van der Waals surface area contributed by atoms with Crippen LogP contribution in [0.2, 0.25) is 0 Å². The summed E-state index contributed by atoms with van der Waals surface area (Å²) in [5, 5.41) is 10.4. The van der Waals surface area contributed by atoms with E-state index in [-0.39, 0.29) is 24.3 Å². The van der Waals surface area contributed by atoms with E-state index in [2.05, 4.69) is 4.74 Å². The molecule has 0 saturated heterocycles. The third-order valence-corrected chi connectivity index (χ3v) is 2.18. The Kier molecular flexibility index (Phi) is 4.33. The van der Waals surface area contributed by atoms with Gasteiger partial charge < -0.3 is 4.74 Å². The second kappa shape index (κ2) is 5.74. The molecule has 0 aromatic heterocycles. The SMILES string of the molecule is COC(=O)CCC(=O)c1ccc([N+](=O)[O-])cc1. The highest BCUT2D eigenvalue weighted by molar-refractivity contribution is 5.97. The molecule has 17 heavy (non-hydrogen) atoms. The Labute approximate surface area is 97.3 Å². The van der Waals surface area contributed by atoms with Crippen LogP contribution in [-0.4, -0.2) is 23.8 Å². The second-order valence-electron chi connectivity index (χ2n) is 3.30. The fourth-order valence-electron chi connectivity index (χ4n) is 1.23. The lowest BCUT2D eigenvalue weighted by Crippen LogP contribution is -2.06. The van der Waals surface area contributed by atoms with E-state index in [1.54, 1.807) is 0 Å². The van der Waals surface area contributed by atoms with Crippen LogP contribution >= 0.6 is 0 Å². The zero-order chi connectivity index (χ0) is 12.8. The van der Waals surface area contributed by atoms with E-state index < -0.39 is 10.9 Å². The van der Waals surface area contributed by atoms with Crippen molar-refractivity contribution in [3.63, 3.8) is 0 Å². The summed E-state index contributed by atoms with van der Waals surface area (Å²) in [4.78, 5) is 32.3. The first kappa shape index (κ1) is 12.8. The molecule has 0 radical (unpaired) electrons. The molecule has 0 bridgehead atoms. The number of nitro groups is 1. The fourth-order valence-corrected chi connectivity index (χ4v) is 1.23. The fraction of sp³-hybridized carbons (Fsp3) is 0.273. The average Bonchev–Trinajstić information content (AvgIpc) is 2.35. The van der Waals surface area contributed by atoms with E-state index in [4.69, 9.17) is 0 Å². The summed E-state index contributed by atoms with van der Waals surface area (Å²) in [6, 6.07) is 5.26. The van der Waals surface area contributed by atoms with Gasteiger partial charge in [0.25, 0.3) is 5.69 Å². The Morgan fingerprint density at radius 3 is 2.29 bits per heavy atom. The van der Waals surface area contributed by atoms with Crippen LogP contribution in [0.1, 0.15) is 23.2 Å². The number of ether oxygens (including phenoxy) is 1. The van der Waals surface area contributed by atoms with E-state index in [9.17, 15) is 19.7 Å². The molecule has 90 valence electrons. The number of ketones is 1. The Hall–Kier alpha value is -2.24. The van der Waals surface area contributed by atoms with Crippen molar-refractivity contribution in [2.75, 3.05) is 7.11 Å². The molecule has 0 fully saturated rings. The minimum Gasteiger partial charge on any atom is -0.469 e. The standard InChI is InChI=1S/C11H11NO5/c1-17-11(14)7-6-10(13)8-2-4-9(5-3-8)12(15)16/h2-5H,6-7H2,1H3. The lowest BCUT2D eigenvalue weighted by atomic mass is 10.1. The van der Waals surface area contributed by atoms with Crippen LogP contribution in [-0.2, 0) is 9.53 Å². The molecule has 6 heteroatoms. The van der Waals surface area contributed by atoms with Gasteiger partial charge in [0.1, 0.15) is 0 Å². The monoisotopic (exact) mass is 237 g/mol. The molecule has 6 nitrogen and oxygen atoms in total. The maximum atomic E-state index is 11.6. The van der Waals surface area contributed by atoms with Gasteiger partial charge in [-0.15, -0.1) is 0 Å². The van der Waals surface area contributed by atoms with Crippen LogP contribution in [0.4, 0.5) is 5.69 Å². The number of hydrogen-bond acceptors (Lipinski definition) is 5. The number of benzene rings is 1. The van der Waals surface area contributed by atoms with E-state index in [1.165, 1.54) is 31.4 Å². The van der Waals surface area contributed by atoms with Gasteiger partial charge in [0.15, 0.2) is 5.78 Å². The second-order valence-corrected chi connectivity index (χ2v) is 3.30. The number of methoxy groups -OCH3 is 1. The number of carbonyl (C=O) groups is 2. The molecule has 0 N–H and O–H groups in total. The van der Waals surface area contributed by atoms with E-state index in [0.29, 0.717) is 5.56 Å². The van der Waals surface area contributed by atoms with E-state index in [0.717, 1.165) is 0 Å². The molecule has 0 atom stereocenters. The van der Waals surface area contributed by atoms with Crippen molar-refractivity contribution >= 4 is 17.4 Å². The third-order valence-electron chi connectivity index (χ3n) is 2.18. The summed E-state index contributed by atoms with van der Waals surface area (Å²) in [6.45, 7) is 0. The van der Waals surface area contributed by atoms with Crippen molar-refractivity contribution in [1.82, 2.24) is 0 Å². The topological polar surface area (TPSA) is 86.5 Å². The first-order valence-corrected chi connectivity index (χ1v) is 4.89. The van der Waals surface area contributed by atoms with Crippen molar-refractivity contribution in [1.29, 1.82) is 0 Å². The van der Waals surface area contributed by atoms with Gasteiger partial charge in [-0.2, -0.15) is 0 Å². The van der Waals surface area contributed by atoms with Gasteiger partial charge in [-0.05, 0) is 12.1 Å². The summed E-state index contributed by atoms with van der Waals surface area (Å²) in [7, 11) is 1.25. The largest absolute Gasteiger partial charge is 0.469 e. The van der Waals surface area contributed by atoms with Crippen LogP contribution in [0.3, 0.4) is 0 Å². The lowest BCUT2D eigenvalue weighted by Gasteiger charge is -2.00. The number of Topliss-reactive ketones (excluding diaryl/α,β-unsaturated/α-hetero) is 1. The van der Waals surface area contributed by atoms with Crippen LogP contribution in [0.25, 0.3) is 0 Å². The number of nitrogens with zero attached hydrogens (tertiary/aromatic N) is 1. The molecular formula is C11H11NO5. The van der Waals surface area contributed by atoms with Crippen molar-refractivity contribution in [3.05, 3.63) is 39.9 Å². The van der Waals surface area contributed by atoms with Gasteiger partial charge in [0.2, 0.25) is 0 Å². The minimum absolute atomic E-state index is 0.00627. The molecule has 0 spiro atoms. The first-order chi connectivity index (χ1) is 8.04. The number of carbonyl (C=O) groups excluding carboxylic acids is 2. The average molecular weight is 237 g/mol. The van der Waals surface area contributed by atoms with Crippen molar-refractivity contribution in [3.8, 4) is 0 Å². The molecule has 0 aliphatic carbocycles. The highest BCUT2D eigenvalue weighted by Crippen LogP contribution is 2.13. The minimum atomic E-state index is -0.539. The highest BCUT2D eigenvalue weighted by Gasteiger charge is 2.11. The number of hydrogen-bond donors (Lipinski definition) is 0. The van der Waals surface area contributed by atoms with Crippen molar-refractivity contribution in [2.24, 2.45) is 0 Å². The van der Waals surface area contributed by atoms with Gasteiger partial charge in [-0.1, -0.05) is 0 Å². The van der Waals surface area contributed by atoms with Crippen LogP contribution < -0.4 is 0 Å². The summed E-state index contributed by atoms with van der Waals surface area (Å²) in [6.07, 6.45) is 0.0385. The number of rotatable bonds is 5.